The average molecular weight is 345 g/mol. The van der Waals surface area contributed by atoms with Crippen molar-refractivity contribution in [1.82, 2.24) is 9.80 Å². The second-order valence-corrected chi connectivity index (χ2v) is 6.12. The van der Waals surface area contributed by atoms with Crippen molar-refractivity contribution in [2.24, 2.45) is 0 Å². The third kappa shape index (κ3) is 4.12. The van der Waals surface area contributed by atoms with Gasteiger partial charge in [-0.15, -0.1) is 0 Å². The predicted octanol–water partition coefficient (Wildman–Crippen LogP) is 1.59. The minimum absolute atomic E-state index is 0.0115. The number of piperazine rings is 1. The Kier molecular flexibility index (Phi) is 5.67. The number of rotatable bonds is 3. The third-order valence-electron chi connectivity index (χ3n) is 3.64. The first-order chi connectivity index (χ1) is 10.4. The lowest BCUT2D eigenvalue weighted by Gasteiger charge is -2.35. The van der Waals surface area contributed by atoms with Crippen molar-refractivity contribution in [2.45, 2.75) is 19.4 Å². The molecular weight excluding hydrogens is 327 g/mol. The van der Waals surface area contributed by atoms with Crippen LogP contribution >= 0.6 is 23.2 Å². The zero-order valence-electron chi connectivity index (χ0n) is 12.3. The predicted molar refractivity (Wildman–Crippen MR) is 85.0 cm³/mol. The van der Waals surface area contributed by atoms with E-state index in [1.54, 1.807) is 28.0 Å². The van der Waals surface area contributed by atoms with E-state index in [1.165, 1.54) is 6.92 Å². The fraction of sp³-hybridized carbons (Fsp3) is 0.467. The van der Waals surface area contributed by atoms with E-state index in [4.69, 9.17) is 23.2 Å². The highest BCUT2D eigenvalue weighted by atomic mass is 35.5. The Bertz CT molecular complexity index is 570. The average Bonchev–Trinajstić information content (AvgIpc) is 2.50. The van der Waals surface area contributed by atoms with E-state index in [9.17, 15) is 14.7 Å². The fourth-order valence-electron chi connectivity index (χ4n) is 2.38. The van der Waals surface area contributed by atoms with Gasteiger partial charge in [0.1, 0.15) is 6.10 Å². The molecule has 1 aliphatic heterocycles. The molecule has 22 heavy (non-hydrogen) atoms. The van der Waals surface area contributed by atoms with Crippen molar-refractivity contribution in [2.75, 3.05) is 26.2 Å². The standard InChI is InChI=1S/C15H18Cl2N2O3/c1-10(20)15(22)19-6-4-18(5-7-19)14(21)9-11-2-3-12(16)13(17)8-11/h2-3,8,10,20H,4-7,9H2,1H3. The molecule has 0 spiro atoms. The Hall–Kier alpha value is -1.30. The molecule has 0 aromatic heterocycles. The number of amides is 2. The highest BCUT2D eigenvalue weighted by Gasteiger charge is 2.26. The molecule has 0 saturated carbocycles. The van der Waals surface area contributed by atoms with Gasteiger partial charge in [0, 0.05) is 26.2 Å². The molecule has 0 radical (unpaired) electrons. The molecule has 7 heteroatoms. The Morgan fingerprint density at radius 3 is 2.27 bits per heavy atom. The molecule has 1 fully saturated rings. The number of benzene rings is 1. The fourth-order valence-corrected chi connectivity index (χ4v) is 2.70. The van der Waals surface area contributed by atoms with Gasteiger partial charge in [0.2, 0.25) is 5.91 Å². The number of aliphatic hydroxyl groups is 1. The van der Waals surface area contributed by atoms with E-state index in [1.807, 2.05) is 0 Å². The second kappa shape index (κ2) is 7.31. The number of aliphatic hydroxyl groups excluding tert-OH is 1. The Morgan fingerprint density at radius 1 is 1.14 bits per heavy atom. The monoisotopic (exact) mass is 344 g/mol. The van der Waals surface area contributed by atoms with E-state index in [-0.39, 0.29) is 18.2 Å². The summed E-state index contributed by atoms with van der Waals surface area (Å²) in [5, 5.41) is 10.2. The smallest absolute Gasteiger partial charge is 0.251 e. The van der Waals surface area contributed by atoms with Gasteiger partial charge in [0.25, 0.3) is 5.91 Å². The lowest BCUT2D eigenvalue weighted by Crippen LogP contribution is -2.52. The van der Waals surface area contributed by atoms with Crippen LogP contribution in [-0.2, 0) is 16.0 Å². The number of carbonyl (C=O) groups excluding carboxylic acids is 2. The van der Waals surface area contributed by atoms with Crippen LogP contribution in [0.5, 0.6) is 0 Å². The summed E-state index contributed by atoms with van der Waals surface area (Å²) in [5.41, 5.74) is 0.807. The lowest BCUT2D eigenvalue weighted by atomic mass is 10.1. The van der Waals surface area contributed by atoms with Gasteiger partial charge in [-0.2, -0.15) is 0 Å². The van der Waals surface area contributed by atoms with E-state index in [2.05, 4.69) is 0 Å². The molecule has 1 heterocycles. The number of hydrogen-bond acceptors (Lipinski definition) is 3. The van der Waals surface area contributed by atoms with Crippen LogP contribution in [0.1, 0.15) is 12.5 Å². The molecule has 1 aromatic rings. The molecular formula is C15H18Cl2N2O3. The van der Waals surface area contributed by atoms with Gasteiger partial charge in [-0.3, -0.25) is 9.59 Å². The molecule has 1 atom stereocenters. The maximum Gasteiger partial charge on any atom is 0.251 e. The molecule has 1 unspecified atom stereocenters. The molecule has 0 aliphatic carbocycles. The van der Waals surface area contributed by atoms with Gasteiger partial charge < -0.3 is 14.9 Å². The lowest BCUT2D eigenvalue weighted by molar-refractivity contribution is -0.144. The summed E-state index contributed by atoms with van der Waals surface area (Å²) >= 11 is 11.8. The van der Waals surface area contributed by atoms with Crippen LogP contribution in [0.3, 0.4) is 0 Å². The molecule has 1 N–H and O–H groups in total. The van der Waals surface area contributed by atoms with E-state index in [0.717, 1.165) is 5.56 Å². The summed E-state index contributed by atoms with van der Waals surface area (Å²) in [6, 6.07) is 5.14. The van der Waals surface area contributed by atoms with Gasteiger partial charge in [-0.25, -0.2) is 0 Å². The Morgan fingerprint density at radius 2 is 1.73 bits per heavy atom. The van der Waals surface area contributed by atoms with Gasteiger partial charge >= 0.3 is 0 Å². The number of halogens is 2. The largest absolute Gasteiger partial charge is 0.384 e. The second-order valence-electron chi connectivity index (χ2n) is 5.31. The van der Waals surface area contributed by atoms with Crippen molar-refractivity contribution >= 4 is 35.0 Å². The first kappa shape index (κ1) is 17.1. The Balaban J connectivity index is 1.89. The third-order valence-corrected chi connectivity index (χ3v) is 4.38. The first-order valence-corrected chi connectivity index (χ1v) is 7.82. The zero-order chi connectivity index (χ0) is 16.3. The number of hydrogen-bond donors (Lipinski definition) is 1. The Labute approximate surface area is 139 Å². The van der Waals surface area contributed by atoms with Crippen molar-refractivity contribution in [3.05, 3.63) is 33.8 Å². The summed E-state index contributed by atoms with van der Waals surface area (Å²) in [4.78, 5) is 27.2. The molecule has 2 rings (SSSR count). The first-order valence-electron chi connectivity index (χ1n) is 7.07. The molecule has 2 amide bonds. The number of nitrogens with zero attached hydrogens (tertiary/aromatic N) is 2. The van der Waals surface area contributed by atoms with Crippen molar-refractivity contribution < 1.29 is 14.7 Å². The topological polar surface area (TPSA) is 60.9 Å². The van der Waals surface area contributed by atoms with E-state index < -0.39 is 6.10 Å². The SMILES string of the molecule is CC(O)C(=O)N1CCN(C(=O)Cc2ccc(Cl)c(Cl)c2)CC1. The number of carbonyl (C=O) groups is 2. The van der Waals surface area contributed by atoms with E-state index in [0.29, 0.717) is 36.2 Å². The van der Waals surface area contributed by atoms with Crippen LogP contribution in [0.4, 0.5) is 0 Å². The maximum atomic E-state index is 12.3. The van der Waals surface area contributed by atoms with Gasteiger partial charge in [0.05, 0.1) is 16.5 Å². The zero-order valence-corrected chi connectivity index (χ0v) is 13.8. The highest BCUT2D eigenvalue weighted by molar-refractivity contribution is 6.42. The summed E-state index contributed by atoms with van der Waals surface area (Å²) in [6.07, 6.45) is -0.750. The summed E-state index contributed by atoms with van der Waals surface area (Å²) < 4.78 is 0. The van der Waals surface area contributed by atoms with Crippen LogP contribution < -0.4 is 0 Å². The van der Waals surface area contributed by atoms with Crippen LogP contribution in [-0.4, -0.2) is 59.0 Å². The maximum absolute atomic E-state index is 12.3. The molecule has 0 bridgehead atoms. The van der Waals surface area contributed by atoms with Crippen LogP contribution in [0.2, 0.25) is 10.0 Å². The van der Waals surface area contributed by atoms with Crippen LogP contribution in [0.25, 0.3) is 0 Å². The quantitative estimate of drug-likeness (QED) is 0.905. The van der Waals surface area contributed by atoms with Crippen molar-refractivity contribution in [3.63, 3.8) is 0 Å². The molecule has 120 valence electrons. The molecule has 1 saturated heterocycles. The highest BCUT2D eigenvalue weighted by Crippen LogP contribution is 2.23. The summed E-state index contributed by atoms with van der Waals surface area (Å²) in [7, 11) is 0. The summed E-state index contributed by atoms with van der Waals surface area (Å²) in [5.74, 6) is -0.306. The van der Waals surface area contributed by atoms with E-state index >= 15 is 0 Å². The molecule has 1 aromatic carbocycles. The van der Waals surface area contributed by atoms with Gasteiger partial charge in [-0.1, -0.05) is 29.3 Å². The normalized spacial score (nSPS) is 16.5. The van der Waals surface area contributed by atoms with Crippen LogP contribution in [0, 0.1) is 0 Å². The van der Waals surface area contributed by atoms with Gasteiger partial charge in [-0.05, 0) is 24.6 Å². The summed E-state index contributed by atoms with van der Waals surface area (Å²) in [6.45, 7) is 3.27. The van der Waals surface area contributed by atoms with Crippen molar-refractivity contribution in [3.8, 4) is 0 Å². The van der Waals surface area contributed by atoms with Crippen LogP contribution in [0.15, 0.2) is 18.2 Å². The molecule has 1 aliphatic rings. The van der Waals surface area contributed by atoms with Gasteiger partial charge in [0.15, 0.2) is 0 Å². The minimum atomic E-state index is -1.00. The van der Waals surface area contributed by atoms with Crippen molar-refractivity contribution in [1.29, 1.82) is 0 Å². The minimum Gasteiger partial charge on any atom is -0.384 e. The molecule has 5 nitrogen and oxygen atoms in total.